The third kappa shape index (κ3) is 9.82. The van der Waals surface area contributed by atoms with Gasteiger partial charge in [-0.2, -0.15) is 0 Å². The molecule has 0 radical (unpaired) electrons. The van der Waals surface area contributed by atoms with Crippen LogP contribution >= 0.6 is 0 Å². The second kappa shape index (κ2) is 10.9. The van der Waals surface area contributed by atoms with Gasteiger partial charge in [-0.3, -0.25) is 4.99 Å². The van der Waals surface area contributed by atoms with Gasteiger partial charge in [0.15, 0.2) is 5.96 Å². The molecule has 1 rings (SSSR count). The fourth-order valence-corrected chi connectivity index (χ4v) is 2.99. The lowest BCUT2D eigenvalue weighted by Gasteiger charge is -2.33. The number of hydrogen-bond donors (Lipinski definition) is 2. The molecular formula is C18H39N5. The smallest absolute Gasteiger partial charge is 0.188 e. The summed E-state index contributed by atoms with van der Waals surface area (Å²) in [6.07, 6.45) is 3.69. The number of nitrogens with one attached hydrogen (secondary N) is 1. The first kappa shape index (κ1) is 20.2. The Kier molecular flexibility index (Phi) is 9.56. The molecule has 0 bridgehead atoms. The minimum absolute atomic E-state index is 0.408. The van der Waals surface area contributed by atoms with Crippen molar-refractivity contribution in [3.63, 3.8) is 0 Å². The van der Waals surface area contributed by atoms with E-state index in [-0.39, 0.29) is 0 Å². The molecule has 0 aromatic carbocycles. The van der Waals surface area contributed by atoms with Crippen molar-refractivity contribution < 1.29 is 0 Å². The third-order valence-electron chi connectivity index (χ3n) is 4.55. The van der Waals surface area contributed by atoms with Gasteiger partial charge in [-0.05, 0) is 32.2 Å². The van der Waals surface area contributed by atoms with Crippen LogP contribution in [0.3, 0.4) is 0 Å². The maximum absolute atomic E-state index is 6.02. The second-order valence-electron chi connectivity index (χ2n) is 7.81. The van der Waals surface area contributed by atoms with Crippen LogP contribution in [0, 0.1) is 11.8 Å². The lowest BCUT2D eigenvalue weighted by Crippen LogP contribution is -2.46. The first-order valence-electron chi connectivity index (χ1n) is 9.34. The topological polar surface area (TPSA) is 56.9 Å². The van der Waals surface area contributed by atoms with Crippen molar-refractivity contribution in [3.05, 3.63) is 0 Å². The highest BCUT2D eigenvalue weighted by Crippen LogP contribution is 2.08. The van der Waals surface area contributed by atoms with Crippen LogP contribution < -0.4 is 11.1 Å². The average Bonchev–Trinajstić information content (AvgIpc) is 2.47. The van der Waals surface area contributed by atoms with E-state index in [0.717, 1.165) is 25.4 Å². The van der Waals surface area contributed by atoms with E-state index in [1.54, 1.807) is 0 Å². The van der Waals surface area contributed by atoms with Crippen molar-refractivity contribution >= 4 is 5.96 Å². The summed E-state index contributed by atoms with van der Waals surface area (Å²) in [6, 6.07) is 0.408. The number of nitrogens with zero attached hydrogens (tertiary/aromatic N) is 3. The van der Waals surface area contributed by atoms with Crippen LogP contribution in [0.15, 0.2) is 4.99 Å². The summed E-state index contributed by atoms with van der Waals surface area (Å²) < 4.78 is 0. The molecule has 5 heteroatoms. The first-order chi connectivity index (χ1) is 10.9. The monoisotopic (exact) mass is 325 g/mol. The molecule has 1 saturated heterocycles. The Morgan fingerprint density at radius 1 is 1.09 bits per heavy atom. The van der Waals surface area contributed by atoms with Crippen molar-refractivity contribution in [2.24, 2.45) is 22.6 Å². The molecule has 0 aromatic rings. The van der Waals surface area contributed by atoms with Crippen molar-refractivity contribution in [2.45, 2.75) is 53.0 Å². The van der Waals surface area contributed by atoms with Gasteiger partial charge in [0.25, 0.3) is 0 Å². The van der Waals surface area contributed by atoms with Gasteiger partial charge in [-0.25, -0.2) is 0 Å². The molecule has 0 saturated carbocycles. The predicted molar refractivity (Wildman–Crippen MR) is 101 cm³/mol. The van der Waals surface area contributed by atoms with Crippen LogP contribution in [0.2, 0.25) is 0 Å². The summed E-state index contributed by atoms with van der Waals surface area (Å²) in [6.45, 7) is 15.6. The number of aliphatic imine (C=N–C) groups is 1. The quantitative estimate of drug-likeness (QED) is 0.503. The Hall–Kier alpha value is -0.810. The highest BCUT2D eigenvalue weighted by atomic mass is 15.2. The van der Waals surface area contributed by atoms with Crippen LogP contribution in [0.25, 0.3) is 0 Å². The molecule has 1 fully saturated rings. The second-order valence-corrected chi connectivity index (χ2v) is 7.81. The molecule has 0 aromatic heterocycles. The summed E-state index contributed by atoms with van der Waals surface area (Å²) in [4.78, 5) is 9.46. The van der Waals surface area contributed by atoms with E-state index >= 15 is 0 Å². The minimum Gasteiger partial charge on any atom is -0.370 e. The molecule has 0 spiro atoms. The van der Waals surface area contributed by atoms with E-state index in [1.807, 2.05) is 0 Å². The number of piperazine rings is 1. The molecule has 23 heavy (non-hydrogen) atoms. The van der Waals surface area contributed by atoms with Gasteiger partial charge in [0.2, 0.25) is 0 Å². The standard InChI is InChI=1S/C18H39N5/c1-15(2)7-6-8-17(4)21-18(19)20-13-16(3)14-23-11-9-22(5)10-12-23/h15-17H,6-14H2,1-5H3,(H3,19,20,21). The van der Waals surface area contributed by atoms with Crippen LogP contribution in [-0.2, 0) is 0 Å². The number of rotatable bonds is 9. The van der Waals surface area contributed by atoms with Gasteiger partial charge in [-0.15, -0.1) is 0 Å². The maximum Gasteiger partial charge on any atom is 0.188 e. The number of likely N-dealkylation sites (N-methyl/N-ethyl adjacent to an activating group) is 1. The normalized spacial score (nSPS) is 20.7. The van der Waals surface area contributed by atoms with E-state index in [0.29, 0.717) is 17.9 Å². The minimum atomic E-state index is 0.408. The molecule has 2 unspecified atom stereocenters. The van der Waals surface area contributed by atoms with Crippen molar-refractivity contribution in [2.75, 3.05) is 46.3 Å². The first-order valence-corrected chi connectivity index (χ1v) is 9.34. The van der Waals surface area contributed by atoms with Gasteiger partial charge in [0.1, 0.15) is 0 Å². The maximum atomic E-state index is 6.02. The fraction of sp³-hybridized carbons (Fsp3) is 0.944. The van der Waals surface area contributed by atoms with Gasteiger partial charge < -0.3 is 20.9 Å². The highest BCUT2D eigenvalue weighted by Gasteiger charge is 2.15. The predicted octanol–water partition coefficient (Wildman–Crippen LogP) is 1.99. The Morgan fingerprint density at radius 2 is 1.74 bits per heavy atom. The van der Waals surface area contributed by atoms with E-state index < -0.39 is 0 Å². The summed E-state index contributed by atoms with van der Waals surface area (Å²) in [7, 11) is 2.19. The number of guanidine groups is 1. The molecule has 0 amide bonds. The highest BCUT2D eigenvalue weighted by molar-refractivity contribution is 5.78. The molecular weight excluding hydrogens is 286 g/mol. The summed E-state index contributed by atoms with van der Waals surface area (Å²) in [5.41, 5.74) is 6.02. The van der Waals surface area contributed by atoms with Crippen molar-refractivity contribution in [3.8, 4) is 0 Å². The zero-order valence-corrected chi connectivity index (χ0v) is 16.0. The van der Waals surface area contributed by atoms with Gasteiger partial charge >= 0.3 is 0 Å². The molecule has 5 nitrogen and oxygen atoms in total. The van der Waals surface area contributed by atoms with Gasteiger partial charge in [0, 0.05) is 45.3 Å². The fourth-order valence-electron chi connectivity index (χ4n) is 2.99. The average molecular weight is 326 g/mol. The molecule has 0 aliphatic carbocycles. The molecule has 1 aliphatic heterocycles. The molecule has 136 valence electrons. The SMILES string of the molecule is CC(C)CCCC(C)NC(N)=NCC(C)CN1CCN(C)CC1. The van der Waals surface area contributed by atoms with E-state index in [1.165, 1.54) is 39.0 Å². The van der Waals surface area contributed by atoms with Crippen LogP contribution in [0.5, 0.6) is 0 Å². The van der Waals surface area contributed by atoms with E-state index in [4.69, 9.17) is 5.73 Å². The third-order valence-corrected chi connectivity index (χ3v) is 4.55. The number of hydrogen-bond acceptors (Lipinski definition) is 3. The van der Waals surface area contributed by atoms with Crippen LogP contribution in [0.1, 0.15) is 47.0 Å². The van der Waals surface area contributed by atoms with E-state index in [9.17, 15) is 0 Å². The van der Waals surface area contributed by atoms with Crippen LogP contribution in [0.4, 0.5) is 0 Å². The molecule has 1 heterocycles. The van der Waals surface area contributed by atoms with Gasteiger partial charge in [-0.1, -0.05) is 33.6 Å². The van der Waals surface area contributed by atoms with Crippen molar-refractivity contribution in [1.29, 1.82) is 0 Å². The Balaban J connectivity index is 2.18. The zero-order chi connectivity index (χ0) is 17.2. The van der Waals surface area contributed by atoms with Crippen molar-refractivity contribution in [1.82, 2.24) is 15.1 Å². The molecule has 1 aliphatic rings. The summed E-state index contributed by atoms with van der Waals surface area (Å²) >= 11 is 0. The molecule has 2 atom stereocenters. The lowest BCUT2D eigenvalue weighted by molar-refractivity contribution is 0.140. The molecule has 3 N–H and O–H groups in total. The Bertz CT molecular complexity index is 334. The summed E-state index contributed by atoms with van der Waals surface area (Å²) in [5.74, 6) is 1.94. The van der Waals surface area contributed by atoms with Gasteiger partial charge in [0.05, 0.1) is 0 Å². The van der Waals surface area contributed by atoms with Crippen LogP contribution in [-0.4, -0.2) is 68.1 Å². The Morgan fingerprint density at radius 3 is 2.35 bits per heavy atom. The largest absolute Gasteiger partial charge is 0.370 e. The Labute approximate surface area is 143 Å². The van der Waals surface area contributed by atoms with E-state index in [2.05, 4.69) is 54.9 Å². The number of nitrogens with two attached hydrogens (primary N) is 1. The lowest BCUT2D eigenvalue weighted by atomic mass is 10.0. The zero-order valence-electron chi connectivity index (χ0n) is 16.0. The summed E-state index contributed by atoms with van der Waals surface area (Å²) in [5, 5.41) is 3.33.